The molecule has 0 aliphatic carbocycles. The first kappa shape index (κ1) is 17.0. The third-order valence-electron chi connectivity index (χ3n) is 6.07. The van der Waals surface area contributed by atoms with Crippen molar-refractivity contribution < 1.29 is 4.74 Å². The van der Waals surface area contributed by atoms with E-state index in [1.807, 2.05) is 0 Å². The fourth-order valence-electron chi connectivity index (χ4n) is 4.56. The Kier molecular flexibility index (Phi) is 3.57. The van der Waals surface area contributed by atoms with Crippen molar-refractivity contribution in [1.29, 1.82) is 0 Å². The van der Waals surface area contributed by atoms with Crippen molar-refractivity contribution in [3.8, 4) is 5.75 Å². The molecule has 136 valence electrons. The Balaban J connectivity index is 2.03. The molecule has 3 heteroatoms. The number of nitrogens with one attached hydrogen (secondary N) is 1. The van der Waals surface area contributed by atoms with E-state index in [4.69, 9.17) is 4.74 Å². The lowest BCUT2D eigenvalue weighted by atomic mass is 9.78. The number of aromatic amines is 1. The van der Waals surface area contributed by atoms with Crippen LogP contribution in [0.5, 0.6) is 5.75 Å². The van der Waals surface area contributed by atoms with Gasteiger partial charge in [-0.15, -0.1) is 0 Å². The predicted molar refractivity (Wildman–Crippen MR) is 105 cm³/mol. The van der Waals surface area contributed by atoms with Gasteiger partial charge in [-0.2, -0.15) is 0 Å². The lowest BCUT2D eigenvalue weighted by Gasteiger charge is -2.30. The number of H-pyrrole nitrogens is 1. The van der Waals surface area contributed by atoms with Gasteiger partial charge in [0.1, 0.15) is 11.9 Å². The molecule has 0 bridgehead atoms. The first-order chi connectivity index (χ1) is 11.6. The molecule has 2 aromatic rings. The van der Waals surface area contributed by atoms with Gasteiger partial charge < -0.3 is 9.72 Å². The molecule has 2 aliphatic heterocycles. The minimum Gasteiger partial charge on any atom is -0.488 e. The maximum absolute atomic E-state index is 6.75. The topological polar surface area (TPSA) is 28.3 Å². The summed E-state index contributed by atoms with van der Waals surface area (Å²) in [7, 11) is 2.24. The van der Waals surface area contributed by atoms with Gasteiger partial charge >= 0.3 is 0 Å². The molecule has 1 saturated heterocycles. The second kappa shape index (κ2) is 5.26. The van der Waals surface area contributed by atoms with Crippen LogP contribution in [-0.2, 0) is 17.3 Å². The van der Waals surface area contributed by atoms with Crippen LogP contribution in [-0.4, -0.2) is 35.6 Å². The standard InChI is InChI=1S/C22H32N2O/c1-21(2,3)14-11-15(22(4,5)6)20-18-13(12-23-19(14)18)10-16-17(25-20)8-9-24(16)7/h11-12,16-17,23H,8-10H2,1-7H3/t16-,17+/m1/s1. The minimum atomic E-state index is 0.0579. The van der Waals surface area contributed by atoms with Crippen LogP contribution in [0.1, 0.15) is 64.7 Å². The molecular weight excluding hydrogens is 308 g/mol. The first-order valence-electron chi connectivity index (χ1n) is 9.62. The number of hydrogen-bond donors (Lipinski definition) is 1. The SMILES string of the molecule is CN1CC[C@@H]2Oc3c(C(C)(C)C)cc(C(C)(C)C)c4[nH]cc(c34)C[C@H]21. The minimum absolute atomic E-state index is 0.0579. The normalized spacial score (nSPS) is 24.3. The molecule has 2 aliphatic rings. The number of fused-ring (bicyclic) bond motifs is 1. The molecule has 1 fully saturated rings. The highest BCUT2D eigenvalue weighted by molar-refractivity contribution is 5.94. The summed E-state index contributed by atoms with van der Waals surface area (Å²) in [6.45, 7) is 14.9. The molecule has 25 heavy (non-hydrogen) atoms. The molecule has 0 amide bonds. The van der Waals surface area contributed by atoms with E-state index in [-0.39, 0.29) is 10.8 Å². The Labute approximate surface area is 151 Å². The van der Waals surface area contributed by atoms with Crippen molar-refractivity contribution in [3.63, 3.8) is 0 Å². The van der Waals surface area contributed by atoms with E-state index in [1.165, 1.54) is 27.6 Å². The maximum atomic E-state index is 6.75. The average molecular weight is 341 g/mol. The average Bonchev–Trinajstić information content (AvgIpc) is 2.98. The Morgan fingerprint density at radius 2 is 1.76 bits per heavy atom. The van der Waals surface area contributed by atoms with E-state index in [9.17, 15) is 0 Å². The summed E-state index contributed by atoms with van der Waals surface area (Å²) >= 11 is 0. The smallest absolute Gasteiger partial charge is 0.133 e. The summed E-state index contributed by atoms with van der Waals surface area (Å²) in [5, 5.41) is 1.33. The quantitative estimate of drug-likeness (QED) is 0.748. The van der Waals surface area contributed by atoms with Gasteiger partial charge in [-0.3, -0.25) is 4.90 Å². The third kappa shape index (κ3) is 2.59. The summed E-state index contributed by atoms with van der Waals surface area (Å²) in [6, 6.07) is 2.88. The van der Waals surface area contributed by atoms with Crippen molar-refractivity contribution in [2.24, 2.45) is 0 Å². The number of aromatic nitrogens is 1. The van der Waals surface area contributed by atoms with Crippen LogP contribution < -0.4 is 4.74 Å². The molecule has 2 atom stereocenters. The monoisotopic (exact) mass is 340 g/mol. The van der Waals surface area contributed by atoms with Gasteiger partial charge in [0.2, 0.25) is 0 Å². The second-order valence-electron chi connectivity index (χ2n) is 10.1. The van der Waals surface area contributed by atoms with E-state index in [0.29, 0.717) is 12.1 Å². The second-order valence-corrected chi connectivity index (χ2v) is 10.1. The van der Waals surface area contributed by atoms with Gasteiger partial charge in [0.25, 0.3) is 0 Å². The van der Waals surface area contributed by atoms with Gasteiger partial charge in [-0.05, 0) is 47.9 Å². The van der Waals surface area contributed by atoms with Crippen LogP contribution in [0.2, 0.25) is 0 Å². The zero-order valence-corrected chi connectivity index (χ0v) is 16.8. The summed E-state index contributed by atoms with van der Waals surface area (Å²) in [5.41, 5.74) is 5.59. The number of hydrogen-bond acceptors (Lipinski definition) is 2. The van der Waals surface area contributed by atoms with E-state index in [0.717, 1.165) is 25.1 Å². The van der Waals surface area contributed by atoms with Crippen LogP contribution in [0.4, 0.5) is 0 Å². The predicted octanol–water partition coefficient (Wildman–Crippen LogP) is 4.77. The number of likely N-dealkylation sites (N-methyl/N-ethyl adjacent to an activating group) is 1. The molecule has 4 rings (SSSR count). The van der Waals surface area contributed by atoms with Gasteiger partial charge in [0.15, 0.2) is 0 Å². The van der Waals surface area contributed by atoms with E-state index < -0.39 is 0 Å². The highest BCUT2D eigenvalue weighted by Gasteiger charge is 2.39. The first-order valence-corrected chi connectivity index (χ1v) is 9.62. The molecule has 1 aromatic carbocycles. The van der Waals surface area contributed by atoms with Crippen molar-refractivity contribution in [3.05, 3.63) is 29.0 Å². The number of likely N-dealkylation sites (tertiary alicyclic amines) is 1. The Morgan fingerprint density at radius 1 is 1.08 bits per heavy atom. The number of nitrogens with zero attached hydrogens (tertiary/aromatic N) is 1. The molecular formula is C22H32N2O. The van der Waals surface area contributed by atoms with Crippen LogP contribution in [0.15, 0.2) is 12.3 Å². The molecule has 0 spiro atoms. The largest absolute Gasteiger partial charge is 0.488 e. The summed E-state index contributed by atoms with van der Waals surface area (Å²) in [6.07, 6.45) is 4.74. The van der Waals surface area contributed by atoms with Crippen LogP contribution in [0, 0.1) is 0 Å². The van der Waals surface area contributed by atoms with Crippen molar-refractivity contribution >= 4 is 10.9 Å². The Morgan fingerprint density at radius 3 is 2.40 bits per heavy atom. The maximum Gasteiger partial charge on any atom is 0.133 e. The molecule has 3 heterocycles. The van der Waals surface area contributed by atoms with Crippen molar-refractivity contribution in [2.75, 3.05) is 13.6 Å². The molecule has 0 radical (unpaired) electrons. The zero-order valence-electron chi connectivity index (χ0n) is 16.8. The lowest BCUT2D eigenvalue weighted by molar-refractivity contribution is 0.152. The summed E-state index contributed by atoms with van der Waals surface area (Å²) in [5.74, 6) is 1.13. The van der Waals surface area contributed by atoms with Gasteiger partial charge in [0.05, 0.1) is 11.6 Å². The van der Waals surface area contributed by atoms with Crippen LogP contribution in [0.25, 0.3) is 10.9 Å². The Hall–Kier alpha value is -1.48. The number of rotatable bonds is 0. The van der Waals surface area contributed by atoms with E-state index >= 15 is 0 Å². The summed E-state index contributed by atoms with van der Waals surface area (Å²) < 4.78 is 6.75. The zero-order chi connectivity index (χ0) is 18.1. The van der Waals surface area contributed by atoms with E-state index in [1.54, 1.807) is 0 Å². The molecule has 0 unspecified atom stereocenters. The molecule has 1 aromatic heterocycles. The highest BCUT2D eigenvalue weighted by atomic mass is 16.5. The van der Waals surface area contributed by atoms with Gasteiger partial charge in [0, 0.05) is 23.7 Å². The molecule has 0 saturated carbocycles. The molecule has 3 nitrogen and oxygen atoms in total. The van der Waals surface area contributed by atoms with Gasteiger partial charge in [-0.25, -0.2) is 0 Å². The van der Waals surface area contributed by atoms with Crippen LogP contribution >= 0.6 is 0 Å². The van der Waals surface area contributed by atoms with Crippen molar-refractivity contribution in [2.45, 2.75) is 77.4 Å². The molecule has 1 N–H and O–H groups in total. The van der Waals surface area contributed by atoms with Crippen LogP contribution in [0.3, 0.4) is 0 Å². The van der Waals surface area contributed by atoms with Gasteiger partial charge in [-0.1, -0.05) is 41.5 Å². The lowest BCUT2D eigenvalue weighted by Crippen LogP contribution is -2.36. The van der Waals surface area contributed by atoms with Crippen molar-refractivity contribution in [1.82, 2.24) is 9.88 Å². The fourth-order valence-corrected chi connectivity index (χ4v) is 4.56. The van der Waals surface area contributed by atoms with E-state index in [2.05, 4.69) is 70.7 Å². The Bertz CT molecular complexity index is 819. The fraction of sp³-hybridized carbons (Fsp3) is 0.636. The highest BCUT2D eigenvalue weighted by Crippen LogP contribution is 2.46. The number of benzene rings is 1. The number of ether oxygens (including phenoxy) is 1. The third-order valence-corrected chi connectivity index (χ3v) is 6.07. The summed E-state index contributed by atoms with van der Waals surface area (Å²) in [4.78, 5) is 6.07.